The molecule has 4 aromatic rings. The molecule has 1 aliphatic heterocycles. The zero-order valence-corrected chi connectivity index (χ0v) is 23.1. The first-order chi connectivity index (χ1) is 19.6. The molecule has 1 fully saturated rings. The molecule has 2 aromatic heterocycles. The molecule has 42 heavy (non-hydrogen) atoms. The summed E-state index contributed by atoms with van der Waals surface area (Å²) in [6, 6.07) is 8.81. The van der Waals surface area contributed by atoms with Gasteiger partial charge in [-0.3, -0.25) is 4.79 Å². The van der Waals surface area contributed by atoms with Crippen LogP contribution >= 0.6 is 12.4 Å². The van der Waals surface area contributed by atoms with Crippen molar-refractivity contribution in [2.24, 2.45) is 5.41 Å². The largest absolute Gasteiger partial charge is 0.490 e. The highest BCUT2D eigenvalue weighted by atomic mass is 35.5. The molecule has 1 saturated heterocycles. The molecule has 0 radical (unpaired) electrons. The van der Waals surface area contributed by atoms with Gasteiger partial charge < -0.3 is 20.5 Å². The number of alkyl halides is 3. The minimum absolute atomic E-state index is 0. The van der Waals surface area contributed by atoms with Crippen LogP contribution < -0.4 is 15.4 Å². The quantitative estimate of drug-likeness (QED) is 0.218. The van der Waals surface area contributed by atoms with Crippen LogP contribution in [-0.4, -0.2) is 50.7 Å². The van der Waals surface area contributed by atoms with Gasteiger partial charge in [0.1, 0.15) is 41.3 Å². The molecule has 3 heterocycles. The Hall–Kier alpha value is -4.10. The van der Waals surface area contributed by atoms with Crippen molar-refractivity contribution < 1.29 is 32.2 Å². The first-order valence-electron chi connectivity index (χ1n) is 12.8. The highest BCUT2D eigenvalue weighted by molar-refractivity contribution is 5.96. The summed E-state index contributed by atoms with van der Waals surface area (Å²) in [5.41, 5.74) is 1.04. The van der Waals surface area contributed by atoms with Gasteiger partial charge in [0.05, 0.1) is 6.04 Å². The van der Waals surface area contributed by atoms with E-state index in [1.165, 1.54) is 18.5 Å². The number of anilines is 1. The average molecular weight is 607 g/mol. The van der Waals surface area contributed by atoms with E-state index >= 15 is 0 Å². The maximum atomic E-state index is 13.7. The van der Waals surface area contributed by atoms with Gasteiger partial charge in [-0.2, -0.15) is 13.2 Å². The van der Waals surface area contributed by atoms with Gasteiger partial charge in [0.15, 0.2) is 0 Å². The van der Waals surface area contributed by atoms with Crippen LogP contribution in [0.3, 0.4) is 0 Å². The zero-order chi connectivity index (χ0) is 29.2. The van der Waals surface area contributed by atoms with Crippen molar-refractivity contribution in [1.82, 2.24) is 25.3 Å². The number of carboxylic acids is 1. The van der Waals surface area contributed by atoms with Gasteiger partial charge in [0, 0.05) is 23.3 Å². The second kappa shape index (κ2) is 12.4. The van der Waals surface area contributed by atoms with Gasteiger partial charge in [-0.25, -0.2) is 24.3 Å². The number of rotatable bonds is 8. The van der Waals surface area contributed by atoms with Crippen LogP contribution in [0.1, 0.15) is 37.2 Å². The maximum absolute atomic E-state index is 13.7. The summed E-state index contributed by atoms with van der Waals surface area (Å²) in [6.45, 7) is 2.73. The van der Waals surface area contributed by atoms with E-state index in [9.17, 15) is 27.5 Å². The number of ether oxygens (including phenoxy) is 1. The minimum atomic E-state index is -4.65. The number of nitrogens with zero attached hydrogens (tertiary/aromatic N) is 4. The summed E-state index contributed by atoms with van der Waals surface area (Å²) >= 11 is 0. The molecule has 1 aliphatic rings. The smallest absolute Gasteiger partial charge is 0.451 e. The Labute approximate surface area is 244 Å². The molecule has 1 atom stereocenters. The molecular weight excluding hydrogens is 580 g/mol. The summed E-state index contributed by atoms with van der Waals surface area (Å²) in [6.07, 6.45) is -0.362. The Balaban J connectivity index is 0.00000405. The van der Waals surface area contributed by atoms with Crippen LogP contribution in [0.25, 0.3) is 22.0 Å². The van der Waals surface area contributed by atoms with E-state index in [1.54, 1.807) is 31.2 Å². The number of carbonyl (C=O) groups is 1. The Morgan fingerprint density at radius 3 is 2.36 bits per heavy atom. The second-order valence-electron chi connectivity index (χ2n) is 9.93. The third-order valence-electron chi connectivity index (χ3n) is 7.18. The van der Waals surface area contributed by atoms with Gasteiger partial charge in [0.2, 0.25) is 5.82 Å². The summed E-state index contributed by atoms with van der Waals surface area (Å²) in [5, 5.41) is 16.9. The molecule has 3 N–H and O–H groups in total. The van der Waals surface area contributed by atoms with E-state index < -0.39 is 35.2 Å². The van der Waals surface area contributed by atoms with Crippen LogP contribution in [0.15, 0.2) is 55.1 Å². The number of hydrogen-bond acceptors (Lipinski definition) is 8. The molecule has 0 unspecified atom stereocenters. The Morgan fingerprint density at radius 2 is 1.74 bits per heavy atom. The van der Waals surface area contributed by atoms with Gasteiger partial charge in [-0.05, 0) is 68.2 Å². The Bertz CT molecular complexity index is 1550. The number of nitrogens with one attached hydrogen (secondary N) is 2. The zero-order valence-electron chi connectivity index (χ0n) is 22.3. The SMILES string of the molecule is C[C@@H](Nc1ncnc2c(OCC3(C(=O)O)CCNCC3)cc(-c3ccc(F)cc3)cc12)c1cnc(C(F)(F)F)nc1.Cl. The lowest BCUT2D eigenvalue weighted by Gasteiger charge is -2.33. The molecule has 14 heteroatoms. The third-order valence-corrected chi connectivity index (χ3v) is 7.18. The normalized spacial score (nSPS) is 15.5. The van der Waals surface area contributed by atoms with Gasteiger partial charge >= 0.3 is 12.1 Å². The molecule has 2 aromatic carbocycles. The van der Waals surface area contributed by atoms with Crippen LogP contribution in [0.4, 0.5) is 23.4 Å². The van der Waals surface area contributed by atoms with E-state index in [0.29, 0.717) is 65.1 Å². The topological polar surface area (TPSA) is 122 Å². The molecule has 5 rings (SSSR count). The van der Waals surface area contributed by atoms with Crippen molar-refractivity contribution in [2.75, 3.05) is 25.0 Å². The number of fused-ring (bicyclic) bond motifs is 1. The van der Waals surface area contributed by atoms with E-state index in [4.69, 9.17) is 4.74 Å². The molecule has 9 nitrogen and oxygen atoms in total. The molecule has 0 saturated carbocycles. The van der Waals surface area contributed by atoms with Crippen LogP contribution in [0, 0.1) is 11.2 Å². The number of carboxylic acid groups (broad SMARTS) is 1. The average Bonchev–Trinajstić information content (AvgIpc) is 2.96. The van der Waals surface area contributed by atoms with Crippen molar-refractivity contribution in [3.05, 3.63) is 72.3 Å². The number of piperidine rings is 1. The first-order valence-corrected chi connectivity index (χ1v) is 12.8. The lowest BCUT2D eigenvalue weighted by Crippen LogP contribution is -2.46. The van der Waals surface area contributed by atoms with E-state index in [-0.39, 0.29) is 19.0 Å². The summed E-state index contributed by atoms with van der Waals surface area (Å²) in [7, 11) is 0. The Kier molecular flexibility index (Phi) is 9.12. The lowest BCUT2D eigenvalue weighted by molar-refractivity contribution is -0.152. The molecular formula is C28H27ClF4N6O3. The van der Waals surface area contributed by atoms with Crippen molar-refractivity contribution in [3.63, 3.8) is 0 Å². The number of aromatic nitrogens is 4. The first kappa shape index (κ1) is 30.8. The maximum Gasteiger partial charge on any atom is 0.451 e. The molecule has 0 bridgehead atoms. The molecule has 0 aliphatic carbocycles. The van der Waals surface area contributed by atoms with E-state index in [1.807, 2.05) is 0 Å². The van der Waals surface area contributed by atoms with Crippen molar-refractivity contribution >= 4 is 35.1 Å². The van der Waals surface area contributed by atoms with Crippen molar-refractivity contribution in [1.29, 1.82) is 0 Å². The lowest BCUT2D eigenvalue weighted by atomic mass is 9.80. The van der Waals surface area contributed by atoms with E-state index in [2.05, 4.69) is 30.6 Å². The highest BCUT2D eigenvalue weighted by Gasteiger charge is 2.41. The standard InChI is InChI=1S/C28H26F4N6O3.ClH/c1-16(19-12-34-25(35-13-19)28(30,31)32)38-24-21-10-18(17-2-4-20(29)5-3-17)11-22(23(21)36-15-37-24)41-14-27(26(39)40)6-8-33-9-7-27;/h2-5,10-13,15-16,33H,6-9,14H2,1H3,(H,39,40)(H,36,37,38);1H/t16-;/m1./s1. The third kappa shape index (κ3) is 6.52. The Morgan fingerprint density at radius 1 is 1.07 bits per heavy atom. The monoisotopic (exact) mass is 606 g/mol. The predicted octanol–water partition coefficient (Wildman–Crippen LogP) is 5.67. The fourth-order valence-electron chi connectivity index (χ4n) is 4.71. The summed E-state index contributed by atoms with van der Waals surface area (Å²) < 4.78 is 58.5. The van der Waals surface area contributed by atoms with Crippen LogP contribution in [-0.2, 0) is 11.0 Å². The van der Waals surface area contributed by atoms with Crippen LogP contribution in [0.2, 0.25) is 0 Å². The molecule has 222 valence electrons. The second-order valence-corrected chi connectivity index (χ2v) is 9.93. The number of aliphatic carboxylic acids is 1. The van der Waals surface area contributed by atoms with Gasteiger partial charge in [-0.1, -0.05) is 12.1 Å². The van der Waals surface area contributed by atoms with Crippen molar-refractivity contribution in [3.8, 4) is 16.9 Å². The van der Waals surface area contributed by atoms with Crippen molar-refractivity contribution in [2.45, 2.75) is 32.0 Å². The predicted molar refractivity (Wildman–Crippen MR) is 149 cm³/mol. The number of halogens is 5. The number of benzene rings is 2. The summed E-state index contributed by atoms with van der Waals surface area (Å²) in [5.74, 6) is -1.91. The van der Waals surface area contributed by atoms with Crippen LogP contribution in [0.5, 0.6) is 5.75 Å². The van der Waals surface area contributed by atoms with E-state index in [0.717, 1.165) is 12.4 Å². The summed E-state index contributed by atoms with van der Waals surface area (Å²) in [4.78, 5) is 27.8. The molecule has 0 spiro atoms. The fourth-order valence-corrected chi connectivity index (χ4v) is 4.71. The van der Waals surface area contributed by atoms with Gasteiger partial charge in [-0.15, -0.1) is 12.4 Å². The fraction of sp³-hybridized carbons (Fsp3) is 0.321. The van der Waals surface area contributed by atoms with Gasteiger partial charge in [0.25, 0.3) is 0 Å². The highest BCUT2D eigenvalue weighted by Crippen LogP contribution is 2.37. The molecule has 0 amide bonds. The minimum Gasteiger partial charge on any atom is -0.490 e. The number of hydrogen-bond donors (Lipinski definition) is 3.